The maximum atomic E-state index is 11.6. The van der Waals surface area contributed by atoms with Crippen LogP contribution in [0, 0.1) is 0 Å². The Morgan fingerprint density at radius 2 is 2.27 bits per heavy atom. The summed E-state index contributed by atoms with van der Waals surface area (Å²) in [5.74, 6) is -0.112. The largest absolute Gasteiger partial charge is 0.346 e. The molecule has 15 heavy (non-hydrogen) atoms. The van der Waals surface area contributed by atoms with Crippen LogP contribution in [0.25, 0.3) is 0 Å². The van der Waals surface area contributed by atoms with E-state index >= 15 is 0 Å². The molecule has 0 saturated heterocycles. The van der Waals surface area contributed by atoms with Crippen molar-refractivity contribution in [2.45, 2.75) is 31.2 Å². The molecular formula is C11H15ClN2O. The molecule has 0 aromatic rings. The smallest absolute Gasteiger partial charge is 0.262 e. The Bertz CT molecular complexity index is 325. The minimum atomic E-state index is -0.583. The fourth-order valence-electron chi connectivity index (χ4n) is 2.17. The molecule has 1 atom stereocenters. The molecule has 3 nitrogen and oxygen atoms in total. The Morgan fingerprint density at radius 1 is 1.53 bits per heavy atom. The van der Waals surface area contributed by atoms with Gasteiger partial charge in [0.1, 0.15) is 0 Å². The number of hydrogen-bond acceptors (Lipinski definition) is 2. The van der Waals surface area contributed by atoms with E-state index in [0.717, 1.165) is 25.0 Å². The van der Waals surface area contributed by atoms with Gasteiger partial charge in [-0.15, -0.1) is 6.58 Å². The van der Waals surface area contributed by atoms with E-state index in [1.165, 1.54) is 12.1 Å². The molecular weight excluding hydrogens is 212 g/mol. The van der Waals surface area contributed by atoms with Crippen LogP contribution in [0.2, 0.25) is 0 Å². The van der Waals surface area contributed by atoms with Gasteiger partial charge >= 0.3 is 0 Å². The third-order valence-electron chi connectivity index (χ3n) is 2.88. The molecule has 0 aromatic carbocycles. The van der Waals surface area contributed by atoms with Gasteiger partial charge in [-0.1, -0.05) is 17.7 Å². The van der Waals surface area contributed by atoms with Crippen molar-refractivity contribution in [2.24, 2.45) is 0 Å². The molecule has 4 heteroatoms. The molecule has 1 N–H and O–H groups in total. The third-order valence-corrected chi connectivity index (χ3v) is 3.31. The molecule has 0 fully saturated rings. The summed E-state index contributed by atoms with van der Waals surface area (Å²) in [6.45, 7) is 4.34. The van der Waals surface area contributed by atoms with Gasteiger partial charge in [-0.05, 0) is 25.7 Å². The van der Waals surface area contributed by atoms with E-state index < -0.39 is 5.50 Å². The Kier molecular flexibility index (Phi) is 3.00. The number of carbonyl (C=O) groups is 1. The quantitative estimate of drug-likeness (QED) is 0.444. The van der Waals surface area contributed by atoms with Gasteiger partial charge in [0.25, 0.3) is 5.91 Å². The van der Waals surface area contributed by atoms with Crippen molar-refractivity contribution < 1.29 is 4.79 Å². The first-order chi connectivity index (χ1) is 7.24. The molecule has 0 aromatic heterocycles. The van der Waals surface area contributed by atoms with E-state index in [-0.39, 0.29) is 5.91 Å². The van der Waals surface area contributed by atoms with Crippen LogP contribution in [0.15, 0.2) is 24.0 Å². The van der Waals surface area contributed by atoms with Gasteiger partial charge in [-0.25, -0.2) is 0 Å². The molecule has 0 bridgehead atoms. The molecule has 0 spiro atoms. The van der Waals surface area contributed by atoms with Crippen LogP contribution >= 0.6 is 11.6 Å². The summed E-state index contributed by atoms with van der Waals surface area (Å²) in [6, 6.07) is 0. The van der Waals surface area contributed by atoms with Crippen LogP contribution in [-0.4, -0.2) is 22.9 Å². The van der Waals surface area contributed by atoms with Gasteiger partial charge in [0.15, 0.2) is 5.50 Å². The summed E-state index contributed by atoms with van der Waals surface area (Å²) in [5, 5.41) is 2.89. The lowest BCUT2D eigenvalue weighted by atomic mass is 9.98. The maximum Gasteiger partial charge on any atom is 0.262 e. The highest BCUT2D eigenvalue weighted by molar-refractivity contribution is 6.30. The molecule has 0 saturated carbocycles. The van der Waals surface area contributed by atoms with E-state index in [2.05, 4.69) is 11.9 Å². The van der Waals surface area contributed by atoms with Gasteiger partial charge < -0.3 is 10.2 Å². The first-order valence-corrected chi connectivity index (χ1v) is 5.72. The van der Waals surface area contributed by atoms with Crippen molar-refractivity contribution in [3.8, 4) is 0 Å². The number of allylic oxidation sites excluding steroid dienone is 2. The number of nitrogens with one attached hydrogen (secondary N) is 1. The lowest BCUT2D eigenvalue weighted by Crippen LogP contribution is -2.49. The van der Waals surface area contributed by atoms with Crippen molar-refractivity contribution in [1.29, 1.82) is 0 Å². The standard InChI is InChI=1S/C11H15ClN2O/c1-2-7-14-9-6-4-3-5-8(9)13-11(15)10(14)12/h2,10H,1,3-7H2,(H,13,15). The Morgan fingerprint density at radius 3 is 3.00 bits per heavy atom. The number of rotatable bonds is 2. The summed E-state index contributed by atoms with van der Waals surface area (Å²) >= 11 is 6.06. The summed E-state index contributed by atoms with van der Waals surface area (Å²) < 4.78 is 0. The van der Waals surface area contributed by atoms with Crippen molar-refractivity contribution in [2.75, 3.05) is 6.54 Å². The van der Waals surface area contributed by atoms with Crippen molar-refractivity contribution in [3.63, 3.8) is 0 Å². The molecule has 1 aliphatic heterocycles. The molecule has 1 unspecified atom stereocenters. The second-order valence-electron chi connectivity index (χ2n) is 3.90. The van der Waals surface area contributed by atoms with E-state index in [1.54, 1.807) is 6.08 Å². The molecule has 0 radical (unpaired) electrons. The van der Waals surface area contributed by atoms with E-state index in [1.807, 2.05) is 4.90 Å². The normalized spacial score (nSPS) is 26.1. The summed E-state index contributed by atoms with van der Waals surface area (Å²) in [6.07, 6.45) is 6.07. The first kappa shape index (κ1) is 10.6. The molecule has 1 aliphatic carbocycles. The van der Waals surface area contributed by atoms with Gasteiger partial charge in [0.2, 0.25) is 0 Å². The average molecular weight is 227 g/mol. The topological polar surface area (TPSA) is 32.3 Å². The summed E-state index contributed by atoms with van der Waals surface area (Å²) in [7, 11) is 0. The van der Waals surface area contributed by atoms with Crippen LogP contribution in [0.5, 0.6) is 0 Å². The molecule has 2 aliphatic rings. The number of carbonyl (C=O) groups excluding carboxylic acids is 1. The third kappa shape index (κ3) is 1.88. The second kappa shape index (κ2) is 4.27. The van der Waals surface area contributed by atoms with Gasteiger partial charge in [0.05, 0.1) is 0 Å². The Labute approximate surface area is 94.8 Å². The molecule has 82 valence electrons. The highest BCUT2D eigenvalue weighted by Crippen LogP contribution is 2.31. The maximum absolute atomic E-state index is 11.6. The number of alkyl halides is 1. The van der Waals surface area contributed by atoms with Crippen LogP contribution in [-0.2, 0) is 4.79 Å². The molecule has 1 amide bonds. The monoisotopic (exact) mass is 226 g/mol. The fourth-order valence-corrected chi connectivity index (χ4v) is 2.42. The number of nitrogens with zero attached hydrogens (tertiary/aromatic N) is 1. The first-order valence-electron chi connectivity index (χ1n) is 5.28. The van der Waals surface area contributed by atoms with Crippen molar-refractivity contribution in [1.82, 2.24) is 10.2 Å². The lowest BCUT2D eigenvalue weighted by Gasteiger charge is -2.38. The Hall–Kier alpha value is -0.960. The zero-order chi connectivity index (χ0) is 10.8. The predicted octanol–water partition coefficient (Wildman–Crippen LogP) is 1.95. The Balaban J connectivity index is 2.30. The van der Waals surface area contributed by atoms with Crippen LogP contribution in [0.1, 0.15) is 25.7 Å². The molecule has 1 heterocycles. The fraction of sp³-hybridized carbons (Fsp3) is 0.545. The highest BCUT2D eigenvalue weighted by atomic mass is 35.5. The van der Waals surface area contributed by atoms with E-state index in [0.29, 0.717) is 6.54 Å². The van der Waals surface area contributed by atoms with E-state index in [9.17, 15) is 4.79 Å². The second-order valence-corrected chi connectivity index (χ2v) is 4.31. The lowest BCUT2D eigenvalue weighted by molar-refractivity contribution is -0.123. The van der Waals surface area contributed by atoms with Gasteiger partial charge in [-0.2, -0.15) is 0 Å². The highest BCUT2D eigenvalue weighted by Gasteiger charge is 2.33. The minimum absolute atomic E-state index is 0.112. The van der Waals surface area contributed by atoms with Crippen molar-refractivity contribution in [3.05, 3.63) is 24.0 Å². The van der Waals surface area contributed by atoms with Crippen LogP contribution in [0.3, 0.4) is 0 Å². The summed E-state index contributed by atoms with van der Waals surface area (Å²) in [4.78, 5) is 13.5. The number of hydrogen-bond donors (Lipinski definition) is 1. The average Bonchev–Trinajstić information content (AvgIpc) is 2.25. The van der Waals surface area contributed by atoms with Crippen LogP contribution in [0.4, 0.5) is 0 Å². The van der Waals surface area contributed by atoms with E-state index in [4.69, 9.17) is 11.6 Å². The van der Waals surface area contributed by atoms with Gasteiger partial charge in [-0.3, -0.25) is 4.79 Å². The zero-order valence-corrected chi connectivity index (χ0v) is 9.39. The van der Waals surface area contributed by atoms with Gasteiger partial charge in [0, 0.05) is 17.9 Å². The molecule has 2 rings (SSSR count). The van der Waals surface area contributed by atoms with Crippen molar-refractivity contribution >= 4 is 17.5 Å². The zero-order valence-electron chi connectivity index (χ0n) is 8.63. The number of amides is 1. The SMILES string of the molecule is C=CCN1C2=C(CCCC2)NC(=O)C1Cl. The predicted molar refractivity (Wildman–Crippen MR) is 60.2 cm³/mol. The van der Waals surface area contributed by atoms with Crippen LogP contribution < -0.4 is 5.32 Å². The summed E-state index contributed by atoms with van der Waals surface area (Å²) in [5.41, 5.74) is 1.67. The minimum Gasteiger partial charge on any atom is -0.346 e. The number of halogens is 1.